The number of aromatic nitrogens is 2. The van der Waals surface area contributed by atoms with Gasteiger partial charge in [-0.25, -0.2) is 4.98 Å². The summed E-state index contributed by atoms with van der Waals surface area (Å²) in [4.78, 5) is 19.4. The number of carbonyl (C=O) groups excluding carboxylic acids is 1. The first-order valence-electron chi connectivity index (χ1n) is 8.99. The second-order valence-electron chi connectivity index (χ2n) is 6.83. The SMILES string of the molecule is O=C(Cn1c(Cc2c(Cl)cccc2Cl)nc2cc(Cl)c(Cl)cc21)N1CCCC1. The summed E-state index contributed by atoms with van der Waals surface area (Å²) in [6.07, 6.45) is 2.48. The van der Waals surface area contributed by atoms with E-state index in [4.69, 9.17) is 51.4 Å². The molecule has 0 bridgehead atoms. The van der Waals surface area contributed by atoms with Gasteiger partial charge in [-0.2, -0.15) is 0 Å². The summed E-state index contributed by atoms with van der Waals surface area (Å²) in [5, 5.41) is 1.97. The molecular weight excluding hydrogens is 440 g/mol. The van der Waals surface area contributed by atoms with Crippen molar-refractivity contribution in [1.82, 2.24) is 14.5 Å². The Bertz CT molecular complexity index is 1040. The third-order valence-corrected chi connectivity index (χ3v) is 6.45. The van der Waals surface area contributed by atoms with Crippen LogP contribution in [-0.4, -0.2) is 33.4 Å². The minimum atomic E-state index is 0.0642. The number of nitrogens with zero attached hydrogens (tertiary/aromatic N) is 3. The first-order chi connectivity index (χ1) is 13.4. The molecule has 0 atom stereocenters. The normalized spacial score (nSPS) is 14.2. The number of carbonyl (C=O) groups is 1. The average Bonchev–Trinajstić information content (AvgIpc) is 3.29. The zero-order chi connectivity index (χ0) is 19.8. The standard InChI is InChI=1S/C20H17Cl4N3O/c21-13-4-3-5-14(22)12(13)8-19-25-17-9-15(23)16(24)10-18(17)27(19)11-20(28)26-6-1-2-7-26/h3-5,9-10H,1-2,6-8,11H2. The number of imidazole rings is 1. The first-order valence-corrected chi connectivity index (χ1v) is 10.5. The van der Waals surface area contributed by atoms with Crippen LogP contribution >= 0.6 is 46.4 Å². The van der Waals surface area contributed by atoms with Gasteiger partial charge in [0, 0.05) is 29.6 Å². The minimum Gasteiger partial charge on any atom is -0.341 e. The maximum absolute atomic E-state index is 12.8. The Morgan fingerprint density at radius 2 is 1.61 bits per heavy atom. The number of amides is 1. The molecule has 1 aliphatic rings. The van der Waals surface area contributed by atoms with Crippen molar-refractivity contribution < 1.29 is 4.79 Å². The Balaban J connectivity index is 1.79. The van der Waals surface area contributed by atoms with Gasteiger partial charge in [-0.3, -0.25) is 4.79 Å². The largest absolute Gasteiger partial charge is 0.341 e. The third-order valence-electron chi connectivity index (χ3n) is 5.02. The van der Waals surface area contributed by atoms with Crippen molar-refractivity contribution in [2.45, 2.75) is 25.8 Å². The van der Waals surface area contributed by atoms with E-state index in [9.17, 15) is 4.79 Å². The van der Waals surface area contributed by atoms with Gasteiger partial charge < -0.3 is 9.47 Å². The maximum atomic E-state index is 12.8. The van der Waals surface area contributed by atoms with E-state index in [1.54, 1.807) is 30.3 Å². The van der Waals surface area contributed by atoms with Gasteiger partial charge in [0.1, 0.15) is 12.4 Å². The smallest absolute Gasteiger partial charge is 0.242 e. The van der Waals surface area contributed by atoms with Gasteiger partial charge in [-0.15, -0.1) is 0 Å². The van der Waals surface area contributed by atoms with E-state index in [0.717, 1.165) is 37.0 Å². The van der Waals surface area contributed by atoms with Crippen molar-refractivity contribution in [3.8, 4) is 0 Å². The fourth-order valence-electron chi connectivity index (χ4n) is 3.54. The highest BCUT2D eigenvalue weighted by Crippen LogP contribution is 2.31. The molecule has 146 valence electrons. The zero-order valence-electron chi connectivity index (χ0n) is 14.9. The van der Waals surface area contributed by atoms with Gasteiger partial charge in [-0.05, 0) is 42.7 Å². The van der Waals surface area contributed by atoms with Gasteiger partial charge in [-0.1, -0.05) is 52.5 Å². The van der Waals surface area contributed by atoms with Gasteiger partial charge in [0.05, 0.1) is 21.1 Å². The first kappa shape index (κ1) is 19.8. The molecule has 0 aliphatic carbocycles. The number of hydrogen-bond donors (Lipinski definition) is 0. The summed E-state index contributed by atoms with van der Waals surface area (Å²) < 4.78 is 1.89. The van der Waals surface area contributed by atoms with E-state index in [1.165, 1.54) is 0 Å². The van der Waals surface area contributed by atoms with E-state index in [1.807, 2.05) is 9.47 Å². The lowest BCUT2D eigenvalue weighted by atomic mass is 10.1. The van der Waals surface area contributed by atoms with E-state index < -0.39 is 0 Å². The molecule has 28 heavy (non-hydrogen) atoms. The van der Waals surface area contributed by atoms with Gasteiger partial charge in [0.25, 0.3) is 0 Å². The Labute approximate surface area is 182 Å². The Morgan fingerprint density at radius 1 is 0.964 bits per heavy atom. The average molecular weight is 457 g/mol. The maximum Gasteiger partial charge on any atom is 0.242 e. The molecule has 1 amide bonds. The molecule has 1 fully saturated rings. The van der Waals surface area contributed by atoms with E-state index in [2.05, 4.69) is 0 Å². The fourth-order valence-corrected chi connectivity index (χ4v) is 4.39. The molecule has 2 aromatic carbocycles. The lowest BCUT2D eigenvalue weighted by molar-refractivity contribution is -0.130. The molecule has 4 nitrogen and oxygen atoms in total. The lowest BCUT2D eigenvalue weighted by Crippen LogP contribution is -2.31. The van der Waals surface area contributed by atoms with Crippen LogP contribution in [0, 0.1) is 0 Å². The Hall–Kier alpha value is -1.46. The van der Waals surface area contributed by atoms with Crippen LogP contribution in [-0.2, 0) is 17.8 Å². The number of benzene rings is 2. The van der Waals surface area contributed by atoms with Crippen molar-refractivity contribution in [2.75, 3.05) is 13.1 Å². The van der Waals surface area contributed by atoms with Crippen LogP contribution in [0.2, 0.25) is 20.1 Å². The van der Waals surface area contributed by atoms with Gasteiger partial charge >= 0.3 is 0 Å². The molecule has 0 spiro atoms. The lowest BCUT2D eigenvalue weighted by Gasteiger charge is -2.17. The van der Waals surface area contributed by atoms with E-state index in [-0.39, 0.29) is 12.5 Å². The number of halogens is 4. The number of likely N-dealkylation sites (tertiary alicyclic amines) is 1. The van der Waals surface area contributed by atoms with E-state index in [0.29, 0.717) is 37.9 Å². The van der Waals surface area contributed by atoms with Crippen LogP contribution in [0.25, 0.3) is 11.0 Å². The molecule has 2 heterocycles. The highest BCUT2D eigenvalue weighted by Gasteiger charge is 2.22. The van der Waals surface area contributed by atoms with Crippen molar-refractivity contribution >= 4 is 63.3 Å². The van der Waals surface area contributed by atoms with Crippen molar-refractivity contribution in [3.63, 3.8) is 0 Å². The van der Waals surface area contributed by atoms with Crippen LogP contribution in [0.15, 0.2) is 30.3 Å². The summed E-state index contributed by atoms with van der Waals surface area (Å²) in [5.41, 5.74) is 2.22. The molecule has 0 radical (unpaired) electrons. The Kier molecular flexibility index (Phi) is 5.75. The quantitative estimate of drug-likeness (QED) is 0.492. The highest BCUT2D eigenvalue weighted by molar-refractivity contribution is 6.42. The predicted molar refractivity (Wildman–Crippen MR) is 115 cm³/mol. The molecule has 0 saturated carbocycles. The molecule has 1 aliphatic heterocycles. The van der Waals surface area contributed by atoms with Crippen molar-refractivity contribution in [2.24, 2.45) is 0 Å². The number of fused-ring (bicyclic) bond motifs is 1. The molecule has 1 saturated heterocycles. The van der Waals surface area contributed by atoms with Crippen LogP contribution in [0.5, 0.6) is 0 Å². The molecule has 0 N–H and O–H groups in total. The summed E-state index contributed by atoms with van der Waals surface area (Å²) in [7, 11) is 0. The molecule has 1 aromatic heterocycles. The van der Waals surface area contributed by atoms with Crippen LogP contribution in [0.4, 0.5) is 0 Å². The van der Waals surface area contributed by atoms with Crippen molar-refractivity contribution in [1.29, 1.82) is 0 Å². The minimum absolute atomic E-state index is 0.0642. The molecule has 4 rings (SSSR count). The van der Waals surface area contributed by atoms with Crippen LogP contribution < -0.4 is 0 Å². The Morgan fingerprint density at radius 3 is 2.29 bits per heavy atom. The van der Waals surface area contributed by atoms with Crippen molar-refractivity contribution in [3.05, 3.63) is 61.8 Å². The topological polar surface area (TPSA) is 38.1 Å². The molecule has 8 heteroatoms. The third kappa shape index (κ3) is 3.84. The molecule has 0 unspecified atom stereocenters. The highest BCUT2D eigenvalue weighted by atomic mass is 35.5. The molecule has 3 aromatic rings. The second kappa shape index (κ2) is 8.11. The van der Waals surface area contributed by atoms with Crippen LogP contribution in [0.3, 0.4) is 0 Å². The van der Waals surface area contributed by atoms with Gasteiger partial charge in [0.2, 0.25) is 5.91 Å². The summed E-state index contributed by atoms with van der Waals surface area (Å²) in [6.45, 7) is 1.78. The van der Waals surface area contributed by atoms with E-state index >= 15 is 0 Å². The second-order valence-corrected chi connectivity index (χ2v) is 8.46. The number of hydrogen-bond acceptors (Lipinski definition) is 2. The summed E-state index contributed by atoms with van der Waals surface area (Å²) in [6, 6.07) is 8.85. The molecular formula is C20H17Cl4N3O. The number of rotatable bonds is 4. The fraction of sp³-hybridized carbons (Fsp3) is 0.300. The predicted octanol–water partition coefficient (Wildman–Crippen LogP) is 5.86. The van der Waals surface area contributed by atoms with Crippen LogP contribution in [0.1, 0.15) is 24.2 Å². The monoisotopic (exact) mass is 455 g/mol. The zero-order valence-corrected chi connectivity index (χ0v) is 17.9. The summed E-state index contributed by atoms with van der Waals surface area (Å²) in [5.74, 6) is 0.755. The summed E-state index contributed by atoms with van der Waals surface area (Å²) >= 11 is 25.1. The van der Waals surface area contributed by atoms with Gasteiger partial charge in [0.15, 0.2) is 0 Å².